The highest BCUT2D eigenvalue weighted by Gasteiger charge is 2.35. The third-order valence-electron chi connectivity index (χ3n) is 6.31. The second kappa shape index (κ2) is 13.2. The zero-order chi connectivity index (χ0) is 21.0. The fourth-order valence-electron chi connectivity index (χ4n) is 4.40. The van der Waals surface area contributed by atoms with Crippen LogP contribution in [0.1, 0.15) is 95.1 Å². The number of allylic oxidation sites excluding steroid dienone is 1. The Kier molecular flexibility index (Phi) is 10.9. The second-order valence-electron chi connectivity index (χ2n) is 8.86. The number of benzene rings is 1. The van der Waals surface area contributed by atoms with Gasteiger partial charge >= 0.3 is 6.11 Å². The van der Waals surface area contributed by atoms with Crippen molar-refractivity contribution in [1.29, 1.82) is 0 Å². The van der Waals surface area contributed by atoms with Gasteiger partial charge in [0.2, 0.25) is 0 Å². The van der Waals surface area contributed by atoms with Gasteiger partial charge in [-0.1, -0.05) is 75.8 Å². The molecule has 0 aromatic heterocycles. The third-order valence-corrected chi connectivity index (χ3v) is 6.31. The second-order valence-corrected chi connectivity index (χ2v) is 8.86. The highest BCUT2D eigenvalue weighted by Crippen LogP contribution is 2.38. The van der Waals surface area contributed by atoms with Crippen molar-refractivity contribution in [3.8, 4) is 0 Å². The average Bonchev–Trinajstić information content (AvgIpc) is 2.72. The lowest BCUT2D eigenvalue weighted by Crippen LogP contribution is -2.27. The first-order chi connectivity index (χ1) is 14.0. The predicted molar refractivity (Wildman–Crippen MR) is 118 cm³/mol. The van der Waals surface area contributed by atoms with E-state index in [0.29, 0.717) is 5.92 Å². The van der Waals surface area contributed by atoms with E-state index in [4.69, 9.17) is 4.74 Å². The lowest BCUT2D eigenvalue weighted by Gasteiger charge is -2.30. The quantitative estimate of drug-likeness (QED) is 0.222. The van der Waals surface area contributed by atoms with Crippen LogP contribution < -0.4 is 0 Å². The molecule has 3 heteroatoms. The van der Waals surface area contributed by atoms with E-state index in [1.54, 1.807) is 0 Å². The Morgan fingerprint density at radius 1 is 0.966 bits per heavy atom. The maximum absolute atomic E-state index is 14.3. The molecule has 1 aliphatic carbocycles. The normalized spacial score (nSPS) is 20.0. The van der Waals surface area contributed by atoms with Gasteiger partial charge in [-0.05, 0) is 61.5 Å². The number of aryl methyl sites for hydroxylation is 1. The van der Waals surface area contributed by atoms with E-state index in [1.165, 1.54) is 37.7 Å². The lowest BCUT2D eigenvalue weighted by molar-refractivity contribution is -0.256. The molecule has 0 spiro atoms. The predicted octanol–water partition coefficient (Wildman–Crippen LogP) is 8.47. The Bertz CT molecular complexity index is 559. The van der Waals surface area contributed by atoms with E-state index in [2.05, 4.69) is 25.6 Å². The zero-order valence-electron chi connectivity index (χ0n) is 18.3. The van der Waals surface area contributed by atoms with Gasteiger partial charge in [0.1, 0.15) is 0 Å². The lowest BCUT2D eigenvalue weighted by atomic mass is 9.78. The maximum Gasteiger partial charge on any atom is 0.356 e. The molecule has 1 saturated carbocycles. The molecule has 164 valence electrons. The summed E-state index contributed by atoms with van der Waals surface area (Å²) in [6.07, 6.45) is 12.3. The minimum Gasteiger partial charge on any atom is -0.316 e. The van der Waals surface area contributed by atoms with Crippen LogP contribution in [0, 0.1) is 11.8 Å². The van der Waals surface area contributed by atoms with Crippen molar-refractivity contribution in [3.63, 3.8) is 0 Å². The average molecular weight is 407 g/mol. The van der Waals surface area contributed by atoms with Gasteiger partial charge in [-0.2, -0.15) is 8.78 Å². The molecule has 0 aliphatic heterocycles. The minimum atomic E-state index is -3.03. The SMILES string of the molecule is C=CCC[C@H]1CC[C@H](CC(F)(F)OCc2ccc(CCCCCCC)cc2)CC1. The summed E-state index contributed by atoms with van der Waals surface area (Å²) in [5, 5.41) is 0. The van der Waals surface area contributed by atoms with E-state index in [0.717, 1.165) is 50.5 Å². The van der Waals surface area contributed by atoms with E-state index in [1.807, 2.05) is 18.2 Å². The summed E-state index contributed by atoms with van der Waals surface area (Å²) in [7, 11) is 0. The Balaban J connectivity index is 1.67. The maximum atomic E-state index is 14.3. The Morgan fingerprint density at radius 2 is 1.59 bits per heavy atom. The number of alkyl halides is 2. The largest absolute Gasteiger partial charge is 0.356 e. The van der Waals surface area contributed by atoms with E-state index < -0.39 is 6.11 Å². The highest BCUT2D eigenvalue weighted by atomic mass is 19.3. The molecule has 0 heterocycles. The van der Waals surface area contributed by atoms with E-state index >= 15 is 0 Å². The Morgan fingerprint density at radius 3 is 2.24 bits per heavy atom. The minimum absolute atomic E-state index is 0.0154. The third kappa shape index (κ3) is 9.89. The summed E-state index contributed by atoms with van der Waals surface area (Å²) in [5.41, 5.74) is 2.11. The molecule has 0 radical (unpaired) electrons. The van der Waals surface area contributed by atoms with Crippen molar-refractivity contribution in [1.82, 2.24) is 0 Å². The number of ether oxygens (including phenoxy) is 1. The van der Waals surface area contributed by atoms with Crippen LogP contribution in [0.2, 0.25) is 0 Å². The van der Waals surface area contributed by atoms with Crippen molar-refractivity contribution < 1.29 is 13.5 Å². The van der Waals surface area contributed by atoms with Crippen LogP contribution in [0.4, 0.5) is 8.78 Å². The van der Waals surface area contributed by atoms with Gasteiger partial charge in [-0.15, -0.1) is 6.58 Å². The number of hydrogen-bond donors (Lipinski definition) is 0. The smallest absolute Gasteiger partial charge is 0.316 e. The molecule has 29 heavy (non-hydrogen) atoms. The standard InChI is InChI=1S/C26H40F2O/c1-3-5-7-8-9-11-23-14-18-25(19-15-23)21-29-26(27,28)20-24-16-12-22(13-17-24)10-6-4-2/h4,14-15,18-19,22,24H,2-3,5-13,16-17,20-21H2,1H3/t22-,24-. The van der Waals surface area contributed by atoms with Crippen molar-refractivity contribution in [2.75, 3.05) is 0 Å². The molecule has 1 aromatic carbocycles. The fraction of sp³-hybridized carbons (Fsp3) is 0.692. The molecule has 1 aliphatic rings. The van der Waals surface area contributed by atoms with E-state index in [-0.39, 0.29) is 18.9 Å². The van der Waals surface area contributed by atoms with Gasteiger partial charge < -0.3 is 4.74 Å². The van der Waals surface area contributed by atoms with E-state index in [9.17, 15) is 8.78 Å². The molecule has 1 aromatic rings. The molecule has 0 amide bonds. The van der Waals surface area contributed by atoms with Crippen LogP contribution in [-0.2, 0) is 17.8 Å². The van der Waals surface area contributed by atoms with Gasteiger partial charge in [-0.3, -0.25) is 0 Å². The number of halogens is 2. The molecular formula is C26H40F2O. The summed E-state index contributed by atoms with van der Waals surface area (Å²) >= 11 is 0. The monoisotopic (exact) mass is 406 g/mol. The molecule has 0 atom stereocenters. The molecule has 0 N–H and O–H groups in total. The van der Waals surface area contributed by atoms with Gasteiger partial charge in [-0.25, -0.2) is 0 Å². The summed E-state index contributed by atoms with van der Waals surface area (Å²) in [6, 6.07) is 7.98. The Labute approximate surface area is 176 Å². The Hall–Kier alpha value is -1.22. The van der Waals surface area contributed by atoms with Gasteiger partial charge in [0.05, 0.1) is 6.61 Å². The fourth-order valence-corrected chi connectivity index (χ4v) is 4.40. The first-order valence-electron chi connectivity index (χ1n) is 11.7. The van der Waals surface area contributed by atoms with Crippen molar-refractivity contribution in [2.45, 2.75) is 103 Å². The number of rotatable bonds is 14. The van der Waals surface area contributed by atoms with Crippen LogP contribution in [0.5, 0.6) is 0 Å². The van der Waals surface area contributed by atoms with Crippen LogP contribution in [0.3, 0.4) is 0 Å². The summed E-state index contributed by atoms with van der Waals surface area (Å²) in [5.74, 6) is 0.768. The first kappa shape index (κ1) is 24.1. The van der Waals surface area contributed by atoms with Gasteiger partial charge in [0.25, 0.3) is 0 Å². The highest BCUT2D eigenvalue weighted by molar-refractivity contribution is 5.22. The molecule has 0 saturated heterocycles. The number of unbranched alkanes of at least 4 members (excludes halogenated alkanes) is 4. The molecule has 1 fully saturated rings. The molecule has 0 bridgehead atoms. The topological polar surface area (TPSA) is 9.23 Å². The number of hydrogen-bond acceptors (Lipinski definition) is 1. The zero-order valence-corrected chi connectivity index (χ0v) is 18.3. The van der Waals surface area contributed by atoms with Crippen LogP contribution in [0.15, 0.2) is 36.9 Å². The van der Waals surface area contributed by atoms with Crippen molar-refractivity contribution in [3.05, 3.63) is 48.0 Å². The molecular weight excluding hydrogens is 366 g/mol. The van der Waals surface area contributed by atoms with Gasteiger partial charge in [0, 0.05) is 6.42 Å². The molecule has 1 nitrogen and oxygen atoms in total. The van der Waals surface area contributed by atoms with Crippen molar-refractivity contribution >= 4 is 0 Å². The molecule has 0 unspecified atom stereocenters. The van der Waals surface area contributed by atoms with Crippen molar-refractivity contribution in [2.24, 2.45) is 11.8 Å². The molecule has 2 rings (SSSR count). The summed E-state index contributed by atoms with van der Waals surface area (Å²) in [6.45, 7) is 5.97. The van der Waals surface area contributed by atoms with Crippen LogP contribution in [0.25, 0.3) is 0 Å². The van der Waals surface area contributed by atoms with Crippen LogP contribution >= 0.6 is 0 Å². The first-order valence-corrected chi connectivity index (χ1v) is 11.7. The van der Waals surface area contributed by atoms with Crippen LogP contribution in [-0.4, -0.2) is 6.11 Å². The summed E-state index contributed by atoms with van der Waals surface area (Å²) in [4.78, 5) is 0. The summed E-state index contributed by atoms with van der Waals surface area (Å²) < 4.78 is 33.6. The van der Waals surface area contributed by atoms with Gasteiger partial charge in [0.15, 0.2) is 0 Å².